The summed E-state index contributed by atoms with van der Waals surface area (Å²) in [6.07, 6.45) is 5.19. The van der Waals surface area contributed by atoms with Crippen molar-refractivity contribution in [1.29, 1.82) is 0 Å². The Morgan fingerprint density at radius 1 is 1.00 bits per heavy atom. The highest BCUT2D eigenvalue weighted by molar-refractivity contribution is 8.14. The number of nitrogens with zero attached hydrogens (tertiary/aromatic N) is 2. The van der Waals surface area contributed by atoms with E-state index >= 15 is 0 Å². The van der Waals surface area contributed by atoms with Crippen LogP contribution in [0.25, 0.3) is 0 Å². The van der Waals surface area contributed by atoms with Gasteiger partial charge in [-0.3, -0.25) is 0 Å². The van der Waals surface area contributed by atoms with Gasteiger partial charge in [0, 0.05) is 6.21 Å². The van der Waals surface area contributed by atoms with E-state index in [1.165, 1.54) is 5.56 Å². The molecule has 2 atom stereocenters. The summed E-state index contributed by atoms with van der Waals surface area (Å²) in [5.74, 6) is 1.70. The highest BCUT2D eigenvalue weighted by Gasteiger charge is 2.36. The maximum atomic E-state index is 5.58. The summed E-state index contributed by atoms with van der Waals surface area (Å²) in [7, 11) is 0. The van der Waals surface area contributed by atoms with E-state index in [1.54, 1.807) is 24.3 Å². The van der Waals surface area contributed by atoms with Crippen molar-refractivity contribution in [3.05, 3.63) is 83.7 Å². The number of rotatable bonds is 3. The van der Waals surface area contributed by atoms with Crippen molar-refractivity contribution >= 4 is 23.1 Å². The highest BCUT2D eigenvalue weighted by Crippen LogP contribution is 2.48. The van der Waals surface area contributed by atoms with Crippen LogP contribution >= 0.6 is 11.8 Å². The molecule has 3 aromatic rings. The third-order valence-electron chi connectivity index (χ3n) is 3.83. The summed E-state index contributed by atoms with van der Waals surface area (Å²) in [6, 6.07) is 15.8. The van der Waals surface area contributed by atoms with Gasteiger partial charge in [-0.05, 0) is 36.8 Å². The molecule has 0 spiro atoms. The van der Waals surface area contributed by atoms with Crippen LogP contribution in [-0.2, 0) is 0 Å². The maximum absolute atomic E-state index is 5.58. The summed E-state index contributed by atoms with van der Waals surface area (Å²) in [5, 5.41) is 0.773. The van der Waals surface area contributed by atoms with Crippen molar-refractivity contribution in [1.82, 2.24) is 0 Å². The van der Waals surface area contributed by atoms with Crippen molar-refractivity contribution < 1.29 is 8.83 Å². The molecule has 1 aromatic carbocycles. The zero-order chi connectivity index (χ0) is 16.4. The minimum absolute atomic E-state index is 0.0383. The summed E-state index contributed by atoms with van der Waals surface area (Å²) >= 11 is 1.60. The Morgan fingerprint density at radius 3 is 2.38 bits per heavy atom. The molecule has 24 heavy (non-hydrogen) atoms. The van der Waals surface area contributed by atoms with Crippen molar-refractivity contribution in [3.8, 4) is 0 Å². The van der Waals surface area contributed by atoms with Gasteiger partial charge in [0.15, 0.2) is 5.17 Å². The molecule has 1 aliphatic heterocycles. The van der Waals surface area contributed by atoms with E-state index in [9.17, 15) is 0 Å². The first-order valence-corrected chi connectivity index (χ1v) is 8.59. The molecule has 0 amide bonds. The van der Waals surface area contributed by atoms with Crippen LogP contribution in [0.1, 0.15) is 33.9 Å². The Kier molecular flexibility index (Phi) is 4.09. The summed E-state index contributed by atoms with van der Waals surface area (Å²) in [5.41, 5.74) is 2.29. The average Bonchev–Trinajstić information content (AvgIpc) is 3.33. The average molecular weight is 336 g/mol. The van der Waals surface area contributed by atoms with Gasteiger partial charge in [-0.1, -0.05) is 41.6 Å². The number of hydrogen-bond donors (Lipinski definition) is 0. The molecule has 0 bridgehead atoms. The second kappa shape index (κ2) is 6.53. The van der Waals surface area contributed by atoms with Gasteiger partial charge >= 0.3 is 0 Å². The molecule has 120 valence electrons. The highest BCUT2D eigenvalue weighted by atomic mass is 32.2. The summed E-state index contributed by atoms with van der Waals surface area (Å²) < 4.78 is 11.1. The van der Waals surface area contributed by atoms with Gasteiger partial charge in [-0.15, -0.1) is 0 Å². The molecule has 0 N–H and O–H groups in total. The zero-order valence-electron chi connectivity index (χ0n) is 13.1. The molecular formula is C19H16N2O2S. The second-order valence-corrected chi connectivity index (χ2v) is 6.70. The fourth-order valence-electron chi connectivity index (χ4n) is 2.58. The van der Waals surface area contributed by atoms with E-state index in [-0.39, 0.29) is 11.3 Å². The van der Waals surface area contributed by atoms with Gasteiger partial charge in [0.25, 0.3) is 0 Å². The van der Waals surface area contributed by atoms with E-state index in [4.69, 9.17) is 13.8 Å². The first-order chi connectivity index (χ1) is 11.8. The predicted molar refractivity (Wildman–Crippen MR) is 96.7 cm³/mol. The van der Waals surface area contributed by atoms with Gasteiger partial charge in [0.2, 0.25) is 0 Å². The van der Waals surface area contributed by atoms with Gasteiger partial charge in [0.1, 0.15) is 22.8 Å². The summed E-state index contributed by atoms with van der Waals surface area (Å²) in [4.78, 5) is 9.28. The number of thioether (sulfide) groups is 1. The lowest BCUT2D eigenvalue weighted by atomic mass is 10.1. The van der Waals surface area contributed by atoms with Gasteiger partial charge < -0.3 is 8.83 Å². The third-order valence-corrected chi connectivity index (χ3v) is 4.99. The molecule has 4 rings (SSSR count). The van der Waals surface area contributed by atoms with E-state index < -0.39 is 0 Å². The second-order valence-electron chi connectivity index (χ2n) is 5.59. The lowest BCUT2D eigenvalue weighted by molar-refractivity contribution is 0.432. The fraction of sp³-hybridized carbons (Fsp3) is 0.158. The van der Waals surface area contributed by atoms with E-state index in [1.807, 2.05) is 42.6 Å². The van der Waals surface area contributed by atoms with Gasteiger partial charge in [0.05, 0.1) is 12.5 Å². The Bertz CT molecular complexity index is 849. The number of amidine groups is 1. The van der Waals surface area contributed by atoms with Crippen molar-refractivity contribution in [2.24, 2.45) is 9.98 Å². The maximum Gasteiger partial charge on any atom is 0.184 e. The van der Waals surface area contributed by atoms with Gasteiger partial charge in [-0.2, -0.15) is 0 Å². The molecule has 0 radical (unpaired) electrons. The normalized spacial score (nSPS) is 20.6. The largest absolute Gasteiger partial charge is 0.468 e. The monoisotopic (exact) mass is 336 g/mol. The molecule has 0 saturated carbocycles. The molecule has 0 aliphatic carbocycles. The number of furan rings is 2. The zero-order valence-corrected chi connectivity index (χ0v) is 13.9. The number of aliphatic imine (C=N–C) groups is 2. The minimum Gasteiger partial charge on any atom is -0.468 e. The quantitative estimate of drug-likeness (QED) is 0.619. The Balaban J connectivity index is 1.59. The molecule has 1 aliphatic rings. The molecule has 0 unspecified atom stereocenters. The van der Waals surface area contributed by atoms with Crippen LogP contribution in [0.15, 0.2) is 79.9 Å². The van der Waals surface area contributed by atoms with E-state index in [0.717, 1.165) is 22.3 Å². The minimum atomic E-state index is -0.124. The first-order valence-electron chi connectivity index (χ1n) is 7.71. The van der Waals surface area contributed by atoms with Crippen LogP contribution < -0.4 is 0 Å². The predicted octanol–water partition coefficient (Wildman–Crippen LogP) is 5.19. The van der Waals surface area contributed by atoms with Crippen LogP contribution in [0.4, 0.5) is 0 Å². The van der Waals surface area contributed by atoms with Crippen LogP contribution in [0, 0.1) is 6.92 Å². The van der Waals surface area contributed by atoms with Gasteiger partial charge in [-0.25, -0.2) is 9.98 Å². The standard InChI is InChI=1S/C19H16N2O2S/c1-13-6-8-14(9-7-13)12-20-19-21-17(15-4-2-10-22-15)18(24-19)16-5-3-11-23-16/h2-12,17-18H,1H3/t17-,18-/m1/s1. The molecule has 3 heterocycles. The van der Waals surface area contributed by atoms with Crippen LogP contribution in [0.3, 0.4) is 0 Å². The molecular weight excluding hydrogens is 320 g/mol. The van der Waals surface area contributed by atoms with E-state index in [0.29, 0.717) is 0 Å². The Hall–Kier alpha value is -2.53. The lowest BCUT2D eigenvalue weighted by Crippen LogP contribution is -1.99. The summed E-state index contributed by atoms with van der Waals surface area (Å²) in [6.45, 7) is 2.07. The van der Waals surface area contributed by atoms with Crippen LogP contribution in [0.2, 0.25) is 0 Å². The topological polar surface area (TPSA) is 51.0 Å². The number of hydrogen-bond acceptors (Lipinski definition) is 5. The van der Waals surface area contributed by atoms with Crippen LogP contribution in [0.5, 0.6) is 0 Å². The van der Waals surface area contributed by atoms with Crippen molar-refractivity contribution in [3.63, 3.8) is 0 Å². The van der Waals surface area contributed by atoms with Crippen molar-refractivity contribution in [2.45, 2.75) is 18.2 Å². The Morgan fingerprint density at radius 2 is 1.71 bits per heavy atom. The first kappa shape index (κ1) is 15.0. The lowest BCUT2D eigenvalue weighted by Gasteiger charge is -2.11. The molecule has 0 saturated heterocycles. The fourth-order valence-corrected chi connectivity index (χ4v) is 3.67. The molecule has 0 fully saturated rings. The SMILES string of the molecule is Cc1ccc(C=NC2=N[C@H](c3ccco3)[C@@H](c3ccco3)S2)cc1. The molecule has 5 heteroatoms. The smallest absolute Gasteiger partial charge is 0.184 e. The van der Waals surface area contributed by atoms with Crippen LogP contribution in [-0.4, -0.2) is 11.4 Å². The molecule has 4 nitrogen and oxygen atoms in total. The number of aryl methyl sites for hydroxylation is 1. The van der Waals surface area contributed by atoms with Crippen molar-refractivity contribution in [2.75, 3.05) is 0 Å². The third kappa shape index (κ3) is 3.08. The molecule has 2 aromatic heterocycles. The number of benzene rings is 1. The van der Waals surface area contributed by atoms with E-state index in [2.05, 4.69) is 24.0 Å². The Labute approximate surface area is 144 Å².